The summed E-state index contributed by atoms with van der Waals surface area (Å²) in [6.45, 7) is 0.320. The number of hydrogen-bond donors (Lipinski definition) is 6. The number of aromatic nitrogens is 1. The number of likely N-dealkylation sites (tertiary alicyclic amines) is 1. The van der Waals surface area contributed by atoms with E-state index in [-0.39, 0.29) is 12.8 Å². The summed E-state index contributed by atoms with van der Waals surface area (Å²) in [5.41, 5.74) is 13.3. The number of thioether (sulfide) groups is 1. The molecule has 1 aromatic carbocycles. The molecule has 1 fully saturated rings. The molecule has 8 N–H and O–H groups in total. The van der Waals surface area contributed by atoms with Crippen molar-refractivity contribution in [1.29, 1.82) is 0 Å². The van der Waals surface area contributed by atoms with Gasteiger partial charge in [-0.1, -0.05) is 18.2 Å². The van der Waals surface area contributed by atoms with Gasteiger partial charge < -0.3 is 37.1 Å². The standard InChI is InChI=1S/C25H34N6O6S/c1-38-10-8-18(25(36)37)29-22(33)19(12-21(27)32)30-23(34)20-7-4-9-31(20)24(35)16(26)11-14-13-28-17-6-3-2-5-15(14)17/h2-3,5-6,13,16,18-20,28H,4,7-12,26H2,1H3,(H2,27,32)(H,29,33)(H,30,34)(H,36,37). The Morgan fingerprint density at radius 2 is 1.92 bits per heavy atom. The first-order chi connectivity index (χ1) is 18.1. The molecule has 2 aromatic rings. The number of carbonyl (C=O) groups excluding carboxylic acids is 4. The Kier molecular flexibility index (Phi) is 10.1. The Bertz CT molecular complexity index is 1190. The van der Waals surface area contributed by atoms with E-state index >= 15 is 0 Å². The summed E-state index contributed by atoms with van der Waals surface area (Å²) in [7, 11) is 0. The van der Waals surface area contributed by atoms with Crippen LogP contribution >= 0.6 is 11.8 Å². The predicted octanol–water partition coefficient (Wildman–Crippen LogP) is -0.289. The van der Waals surface area contributed by atoms with Crippen molar-refractivity contribution < 1.29 is 29.1 Å². The number of nitrogens with zero attached hydrogens (tertiary/aromatic N) is 1. The van der Waals surface area contributed by atoms with Crippen LogP contribution in [-0.2, 0) is 30.4 Å². The van der Waals surface area contributed by atoms with Crippen LogP contribution in [0.3, 0.4) is 0 Å². The number of carbonyl (C=O) groups is 5. The molecule has 0 spiro atoms. The summed E-state index contributed by atoms with van der Waals surface area (Å²) in [5.74, 6) is -3.45. The predicted molar refractivity (Wildman–Crippen MR) is 143 cm³/mol. The van der Waals surface area contributed by atoms with Crippen molar-refractivity contribution in [2.75, 3.05) is 18.6 Å². The minimum Gasteiger partial charge on any atom is -0.480 e. The Morgan fingerprint density at radius 3 is 2.61 bits per heavy atom. The average Bonchev–Trinajstić information content (AvgIpc) is 3.53. The maximum Gasteiger partial charge on any atom is 0.326 e. The molecule has 1 aliphatic rings. The van der Waals surface area contributed by atoms with Gasteiger partial charge in [0.05, 0.1) is 12.5 Å². The molecular formula is C25H34N6O6S. The van der Waals surface area contributed by atoms with Crippen molar-refractivity contribution in [3.05, 3.63) is 36.0 Å². The van der Waals surface area contributed by atoms with E-state index in [1.165, 1.54) is 16.7 Å². The van der Waals surface area contributed by atoms with Gasteiger partial charge in [-0.3, -0.25) is 19.2 Å². The number of primary amides is 1. The molecule has 4 atom stereocenters. The van der Waals surface area contributed by atoms with E-state index in [9.17, 15) is 29.1 Å². The van der Waals surface area contributed by atoms with E-state index in [1.54, 1.807) is 6.26 Å². The van der Waals surface area contributed by atoms with Crippen molar-refractivity contribution in [1.82, 2.24) is 20.5 Å². The highest BCUT2D eigenvalue weighted by molar-refractivity contribution is 7.98. The molecular weight excluding hydrogens is 512 g/mol. The minimum atomic E-state index is -1.38. The third-order valence-electron chi connectivity index (χ3n) is 6.53. The van der Waals surface area contributed by atoms with Gasteiger partial charge in [0, 0.05) is 23.6 Å². The largest absolute Gasteiger partial charge is 0.480 e. The quantitative estimate of drug-likeness (QED) is 0.197. The second kappa shape index (κ2) is 13.3. The molecule has 0 saturated carbocycles. The first kappa shape index (κ1) is 29.0. The van der Waals surface area contributed by atoms with Crippen LogP contribution in [0, 0.1) is 0 Å². The normalized spacial score (nSPS) is 17.5. The second-order valence-corrected chi connectivity index (χ2v) is 10.3. The highest BCUT2D eigenvalue weighted by atomic mass is 32.2. The number of aromatic amines is 1. The van der Waals surface area contributed by atoms with Gasteiger partial charge in [-0.2, -0.15) is 11.8 Å². The third kappa shape index (κ3) is 7.25. The van der Waals surface area contributed by atoms with Crippen LogP contribution in [0.1, 0.15) is 31.2 Å². The molecule has 4 unspecified atom stereocenters. The van der Waals surface area contributed by atoms with Gasteiger partial charge in [0.15, 0.2) is 0 Å². The summed E-state index contributed by atoms with van der Waals surface area (Å²) in [4.78, 5) is 66.9. The van der Waals surface area contributed by atoms with Crippen LogP contribution in [0.2, 0.25) is 0 Å². The van der Waals surface area contributed by atoms with E-state index in [4.69, 9.17) is 11.5 Å². The van der Waals surface area contributed by atoms with Crippen LogP contribution in [0.5, 0.6) is 0 Å². The number of rotatable bonds is 13. The van der Waals surface area contributed by atoms with Gasteiger partial charge >= 0.3 is 5.97 Å². The molecule has 13 heteroatoms. The van der Waals surface area contributed by atoms with Crippen molar-refractivity contribution in [2.24, 2.45) is 11.5 Å². The zero-order chi connectivity index (χ0) is 27.8. The number of benzene rings is 1. The monoisotopic (exact) mass is 546 g/mol. The van der Waals surface area contributed by atoms with Crippen molar-refractivity contribution >= 4 is 52.3 Å². The van der Waals surface area contributed by atoms with Gasteiger partial charge in [0.2, 0.25) is 23.6 Å². The molecule has 3 rings (SSSR count). The molecule has 206 valence electrons. The second-order valence-electron chi connectivity index (χ2n) is 9.27. The molecule has 1 aliphatic heterocycles. The first-order valence-electron chi connectivity index (χ1n) is 12.3. The van der Waals surface area contributed by atoms with E-state index in [1.807, 2.05) is 30.5 Å². The van der Waals surface area contributed by atoms with Gasteiger partial charge in [-0.15, -0.1) is 0 Å². The zero-order valence-corrected chi connectivity index (χ0v) is 22.0. The minimum absolute atomic E-state index is 0.165. The number of fused-ring (bicyclic) bond motifs is 1. The average molecular weight is 547 g/mol. The van der Waals surface area contributed by atoms with E-state index < -0.39 is 60.2 Å². The Hall–Kier alpha value is -3.58. The number of carboxylic acids is 1. The summed E-state index contributed by atoms with van der Waals surface area (Å²) in [6, 6.07) is 3.32. The number of H-pyrrole nitrogens is 1. The third-order valence-corrected chi connectivity index (χ3v) is 7.18. The lowest BCUT2D eigenvalue weighted by atomic mass is 10.0. The first-order valence-corrected chi connectivity index (χ1v) is 13.7. The maximum absolute atomic E-state index is 13.2. The molecule has 38 heavy (non-hydrogen) atoms. The molecule has 0 bridgehead atoms. The number of nitrogens with one attached hydrogen (secondary N) is 3. The highest BCUT2D eigenvalue weighted by Gasteiger charge is 2.38. The topological polar surface area (TPSA) is 201 Å². The van der Waals surface area contributed by atoms with Crippen LogP contribution in [0.4, 0.5) is 0 Å². The smallest absolute Gasteiger partial charge is 0.326 e. The van der Waals surface area contributed by atoms with Crippen LogP contribution in [-0.4, -0.2) is 87.3 Å². The summed E-state index contributed by atoms with van der Waals surface area (Å²) >= 11 is 1.42. The summed E-state index contributed by atoms with van der Waals surface area (Å²) in [5, 5.41) is 15.2. The van der Waals surface area contributed by atoms with E-state index in [0.717, 1.165) is 16.5 Å². The van der Waals surface area contributed by atoms with Crippen molar-refractivity contribution in [2.45, 2.75) is 56.3 Å². The van der Waals surface area contributed by atoms with Crippen LogP contribution < -0.4 is 22.1 Å². The Balaban J connectivity index is 1.67. The molecule has 1 saturated heterocycles. The molecule has 2 heterocycles. The highest BCUT2D eigenvalue weighted by Crippen LogP contribution is 2.22. The van der Waals surface area contributed by atoms with E-state index in [0.29, 0.717) is 25.1 Å². The Labute approximate surface area is 224 Å². The number of amides is 4. The Morgan fingerprint density at radius 1 is 1.18 bits per heavy atom. The van der Waals surface area contributed by atoms with Crippen molar-refractivity contribution in [3.63, 3.8) is 0 Å². The molecule has 1 aromatic heterocycles. The summed E-state index contributed by atoms with van der Waals surface area (Å²) in [6.07, 6.45) is 4.44. The van der Waals surface area contributed by atoms with Gasteiger partial charge in [-0.25, -0.2) is 4.79 Å². The van der Waals surface area contributed by atoms with Crippen molar-refractivity contribution in [3.8, 4) is 0 Å². The molecule has 12 nitrogen and oxygen atoms in total. The lowest BCUT2D eigenvalue weighted by Crippen LogP contribution is -2.57. The lowest BCUT2D eigenvalue weighted by molar-refractivity contribution is -0.143. The fourth-order valence-corrected chi connectivity index (χ4v) is 5.06. The number of carboxylic acid groups (broad SMARTS) is 1. The summed E-state index contributed by atoms with van der Waals surface area (Å²) < 4.78 is 0. The maximum atomic E-state index is 13.2. The lowest BCUT2D eigenvalue weighted by Gasteiger charge is -2.28. The molecule has 0 radical (unpaired) electrons. The van der Waals surface area contributed by atoms with Gasteiger partial charge in [0.25, 0.3) is 0 Å². The molecule has 0 aliphatic carbocycles. The van der Waals surface area contributed by atoms with E-state index in [2.05, 4.69) is 15.6 Å². The fraction of sp³-hybridized carbons (Fsp3) is 0.480. The van der Waals surface area contributed by atoms with Gasteiger partial charge in [-0.05, 0) is 49.3 Å². The number of aliphatic carboxylic acids is 1. The van der Waals surface area contributed by atoms with Crippen LogP contribution in [0.25, 0.3) is 10.9 Å². The number of para-hydroxylation sites is 1. The fourth-order valence-electron chi connectivity index (χ4n) is 4.58. The zero-order valence-electron chi connectivity index (χ0n) is 21.1. The molecule has 4 amide bonds. The number of nitrogens with two attached hydrogens (primary N) is 2. The number of hydrogen-bond acceptors (Lipinski definition) is 7. The van der Waals surface area contributed by atoms with Gasteiger partial charge in [0.1, 0.15) is 18.1 Å². The van der Waals surface area contributed by atoms with Crippen LogP contribution in [0.15, 0.2) is 30.5 Å². The SMILES string of the molecule is CSCCC(NC(=O)C(CC(N)=O)NC(=O)C1CCCN1C(=O)C(N)Cc1c[nH]c2ccccc12)C(=O)O.